The van der Waals surface area contributed by atoms with Gasteiger partial charge in [-0.25, -0.2) is 0 Å². The molecule has 4 nitrogen and oxygen atoms in total. The number of hydrogen-bond donors (Lipinski definition) is 2. The van der Waals surface area contributed by atoms with Gasteiger partial charge in [-0.2, -0.15) is 0 Å². The first-order valence-electron chi connectivity index (χ1n) is 5.18. The molecule has 1 rings (SSSR count). The number of aliphatic hydroxyl groups excluding tert-OH is 1. The highest BCUT2D eigenvalue weighted by atomic mass is 16.4. The normalized spacial score (nSPS) is 29.9. The number of carboxylic acid groups (broad SMARTS) is 1. The summed E-state index contributed by atoms with van der Waals surface area (Å²) in [4.78, 5) is 12.6. The fraction of sp³-hybridized carbons (Fsp3) is 0.900. The molecular formula is C10H19NO3. The van der Waals surface area contributed by atoms with E-state index in [1.165, 1.54) is 0 Å². The van der Waals surface area contributed by atoms with Gasteiger partial charge in [0.05, 0.1) is 6.10 Å². The van der Waals surface area contributed by atoms with E-state index in [4.69, 9.17) is 5.11 Å². The predicted molar refractivity (Wildman–Crippen MR) is 53.1 cm³/mol. The summed E-state index contributed by atoms with van der Waals surface area (Å²) in [6.45, 7) is 1.87. The number of aliphatic hydroxyl groups is 1. The Morgan fingerprint density at radius 1 is 1.43 bits per heavy atom. The molecule has 0 unspecified atom stereocenters. The van der Waals surface area contributed by atoms with Crippen molar-refractivity contribution in [1.29, 1.82) is 0 Å². The van der Waals surface area contributed by atoms with Crippen LogP contribution in [0.3, 0.4) is 0 Å². The molecule has 1 aliphatic rings. The van der Waals surface area contributed by atoms with E-state index in [-0.39, 0.29) is 18.4 Å². The van der Waals surface area contributed by atoms with E-state index in [9.17, 15) is 9.90 Å². The van der Waals surface area contributed by atoms with Gasteiger partial charge >= 0.3 is 5.97 Å². The molecule has 0 bridgehead atoms. The lowest BCUT2D eigenvalue weighted by atomic mass is 9.92. The van der Waals surface area contributed by atoms with E-state index in [2.05, 4.69) is 4.90 Å². The first kappa shape index (κ1) is 11.5. The van der Waals surface area contributed by atoms with Crippen LogP contribution in [-0.2, 0) is 4.79 Å². The maximum absolute atomic E-state index is 10.4. The average molecular weight is 201 g/mol. The minimum Gasteiger partial charge on any atom is -0.481 e. The number of carbonyl (C=O) groups is 1. The predicted octanol–water partition coefficient (Wildman–Crippen LogP) is 0.554. The third-order valence-corrected chi connectivity index (χ3v) is 2.96. The average Bonchev–Trinajstić information content (AvgIpc) is 2.27. The van der Waals surface area contributed by atoms with Gasteiger partial charge in [0.1, 0.15) is 0 Å². The minimum absolute atomic E-state index is 0.163. The van der Waals surface area contributed by atoms with Gasteiger partial charge in [-0.1, -0.05) is 0 Å². The highest BCUT2D eigenvalue weighted by Gasteiger charge is 2.23. The molecule has 1 fully saturated rings. The van der Waals surface area contributed by atoms with Crippen molar-refractivity contribution in [2.45, 2.75) is 31.8 Å². The fourth-order valence-electron chi connectivity index (χ4n) is 1.92. The van der Waals surface area contributed by atoms with Crippen molar-refractivity contribution in [3.05, 3.63) is 0 Å². The van der Waals surface area contributed by atoms with Crippen molar-refractivity contribution in [1.82, 2.24) is 4.90 Å². The molecule has 82 valence electrons. The molecule has 0 saturated carbocycles. The highest BCUT2D eigenvalue weighted by molar-refractivity contribution is 5.66. The Morgan fingerprint density at radius 3 is 2.71 bits per heavy atom. The van der Waals surface area contributed by atoms with E-state index in [0.29, 0.717) is 6.42 Å². The van der Waals surface area contributed by atoms with E-state index < -0.39 is 5.97 Å². The topological polar surface area (TPSA) is 60.8 Å². The molecule has 4 heteroatoms. The summed E-state index contributed by atoms with van der Waals surface area (Å²) in [6.07, 6.45) is 2.13. The molecule has 0 aromatic heterocycles. The first-order valence-corrected chi connectivity index (χ1v) is 5.18. The lowest BCUT2D eigenvalue weighted by Gasteiger charge is -2.18. The molecule has 1 aliphatic heterocycles. The quantitative estimate of drug-likeness (QED) is 0.700. The van der Waals surface area contributed by atoms with Crippen molar-refractivity contribution in [2.24, 2.45) is 5.92 Å². The Balaban J connectivity index is 2.37. The van der Waals surface area contributed by atoms with Gasteiger partial charge in [0.25, 0.3) is 0 Å². The zero-order valence-corrected chi connectivity index (χ0v) is 8.65. The first-order chi connectivity index (χ1) is 6.59. The molecule has 0 aromatic rings. The van der Waals surface area contributed by atoms with E-state index >= 15 is 0 Å². The fourth-order valence-corrected chi connectivity index (χ4v) is 1.92. The molecule has 2 atom stereocenters. The molecule has 14 heavy (non-hydrogen) atoms. The van der Waals surface area contributed by atoms with Gasteiger partial charge in [-0.3, -0.25) is 4.79 Å². The number of aliphatic carboxylic acids is 1. The summed E-state index contributed by atoms with van der Waals surface area (Å²) in [6, 6.07) is 0. The van der Waals surface area contributed by atoms with Crippen molar-refractivity contribution in [3.63, 3.8) is 0 Å². The largest absolute Gasteiger partial charge is 0.481 e. The third-order valence-electron chi connectivity index (χ3n) is 2.96. The highest BCUT2D eigenvalue weighted by Crippen LogP contribution is 2.21. The number of rotatable bonds is 3. The van der Waals surface area contributed by atoms with Gasteiger partial charge < -0.3 is 15.1 Å². The SMILES string of the molecule is CN1CC[C@H](CCC(=O)O)[C@H](O)CC1. The summed E-state index contributed by atoms with van der Waals surface area (Å²) >= 11 is 0. The molecule has 0 spiro atoms. The second-order valence-corrected chi connectivity index (χ2v) is 4.14. The maximum atomic E-state index is 10.4. The summed E-state index contributed by atoms with van der Waals surface area (Å²) in [5.74, 6) is -0.606. The molecule has 1 saturated heterocycles. The number of nitrogens with zero attached hydrogens (tertiary/aromatic N) is 1. The van der Waals surface area contributed by atoms with Crippen LogP contribution in [0.4, 0.5) is 0 Å². The molecule has 0 aromatic carbocycles. The molecule has 2 N–H and O–H groups in total. The molecule has 1 heterocycles. The standard InChI is InChI=1S/C10H19NO3/c1-11-6-4-8(2-3-10(13)14)9(12)5-7-11/h8-9,12H,2-7H2,1H3,(H,13,14)/t8-,9+/m0/s1. The van der Waals surface area contributed by atoms with Gasteiger partial charge in [0.15, 0.2) is 0 Å². The van der Waals surface area contributed by atoms with Crippen LogP contribution in [-0.4, -0.2) is 47.3 Å². The number of likely N-dealkylation sites (tertiary alicyclic amines) is 1. The Hall–Kier alpha value is -0.610. The Kier molecular flexibility index (Phi) is 4.35. The van der Waals surface area contributed by atoms with E-state index in [1.807, 2.05) is 7.05 Å². The van der Waals surface area contributed by atoms with Crippen LogP contribution in [0, 0.1) is 5.92 Å². The summed E-state index contributed by atoms with van der Waals surface area (Å²) in [5, 5.41) is 18.3. The zero-order valence-electron chi connectivity index (χ0n) is 8.65. The van der Waals surface area contributed by atoms with Crippen LogP contribution in [0.25, 0.3) is 0 Å². The van der Waals surface area contributed by atoms with Crippen LogP contribution in [0.1, 0.15) is 25.7 Å². The van der Waals surface area contributed by atoms with Crippen LogP contribution < -0.4 is 0 Å². The van der Waals surface area contributed by atoms with Gasteiger partial charge in [-0.15, -0.1) is 0 Å². The van der Waals surface area contributed by atoms with Crippen LogP contribution in [0.2, 0.25) is 0 Å². The van der Waals surface area contributed by atoms with E-state index in [1.54, 1.807) is 0 Å². The van der Waals surface area contributed by atoms with Crippen LogP contribution in [0.15, 0.2) is 0 Å². The van der Waals surface area contributed by atoms with Crippen molar-refractivity contribution in [2.75, 3.05) is 20.1 Å². The summed E-state index contributed by atoms with van der Waals surface area (Å²) < 4.78 is 0. The Labute approximate surface area is 84.5 Å². The number of carboxylic acids is 1. The van der Waals surface area contributed by atoms with Gasteiger partial charge in [-0.05, 0) is 38.8 Å². The van der Waals surface area contributed by atoms with E-state index in [0.717, 1.165) is 25.9 Å². The molecule has 0 amide bonds. The molecule has 0 aliphatic carbocycles. The van der Waals surface area contributed by atoms with Gasteiger partial charge in [0, 0.05) is 13.0 Å². The lowest BCUT2D eigenvalue weighted by molar-refractivity contribution is -0.137. The molecule has 0 radical (unpaired) electrons. The summed E-state index contributed by atoms with van der Waals surface area (Å²) in [7, 11) is 2.03. The molecular weight excluding hydrogens is 182 g/mol. The summed E-state index contributed by atoms with van der Waals surface area (Å²) in [5.41, 5.74) is 0. The second-order valence-electron chi connectivity index (χ2n) is 4.14. The number of hydrogen-bond acceptors (Lipinski definition) is 3. The monoisotopic (exact) mass is 201 g/mol. The Bertz CT molecular complexity index is 196. The van der Waals surface area contributed by atoms with Gasteiger partial charge in [0.2, 0.25) is 0 Å². The van der Waals surface area contributed by atoms with Crippen molar-refractivity contribution >= 4 is 5.97 Å². The van der Waals surface area contributed by atoms with Crippen LogP contribution >= 0.6 is 0 Å². The Morgan fingerprint density at radius 2 is 2.07 bits per heavy atom. The minimum atomic E-state index is -0.769. The smallest absolute Gasteiger partial charge is 0.303 e. The van der Waals surface area contributed by atoms with Crippen molar-refractivity contribution in [3.8, 4) is 0 Å². The maximum Gasteiger partial charge on any atom is 0.303 e. The second kappa shape index (κ2) is 5.32. The van der Waals surface area contributed by atoms with Crippen LogP contribution in [0.5, 0.6) is 0 Å². The zero-order chi connectivity index (χ0) is 10.6. The lowest BCUT2D eigenvalue weighted by Crippen LogP contribution is -2.21. The van der Waals surface area contributed by atoms with Crippen molar-refractivity contribution < 1.29 is 15.0 Å². The third kappa shape index (κ3) is 3.64.